The highest BCUT2D eigenvalue weighted by atomic mass is 16.7. The summed E-state index contributed by atoms with van der Waals surface area (Å²) in [5.41, 5.74) is 0. The van der Waals surface area contributed by atoms with Gasteiger partial charge in [-0.25, -0.2) is 0 Å². The van der Waals surface area contributed by atoms with Crippen molar-refractivity contribution >= 4 is 5.91 Å². The van der Waals surface area contributed by atoms with Gasteiger partial charge < -0.3 is 29.7 Å². The molecule has 1 aliphatic heterocycles. The normalized spacial score (nSPS) is 37.9. The summed E-state index contributed by atoms with van der Waals surface area (Å²) < 4.78 is 10.3. The van der Waals surface area contributed by atoms with Crippen LogP contribution >= 0.6 is 0 Å². The number of aliphatic hydroxyl groups is 3. The average molecular weight is 249 g/mol. The Balaban J connectivity index is 2.90. The largest absolute Gasteiger partial charge is 0.394 e. The molecule has 0 aromatic carbocycles. The van der Waals surface area contributed by atoms with Crippen molar-refractivity contribution < 1.29 is 29.6 Å². The van der Waals surface area contributed by atoms with E-state index < -0.39 is 37.3 Å². The highest BCUT2D eigenvalue weighted by Crippen LogP contribution is 2.24. The number of hydrogen-bond acceptors (Lipinski definition) is 6. The predicted molar refractivity (Wildman–Crippen MR) is 57.0 cm³/mol. The van der Waals surface area contributed by atoms with Crippen molar-refractivity contribution in [2.45, 2.75) is 37.6 Å². The number of aliphatic hydroxyl groups excluding tert-OH is 3. The molecule has 17 heavy (non-hydrogen) atoms. The van der Waals surface area contributed by atoms with Crippen molar-refractivity contribution in [1.29, 1.82) is 0 Å². The summed E-state index contributed by atoms with van der Waals surface area (Å²) in [4.78, 5) is 12.5. The summed E-state index contributed by atoms with van der Waals surface area (Å²) in [5, 5.41) is 28.7. The number of carbonyl (C=O) groups is 1. The van der Waals surface area contributed by atoms with Crippen LogP contribution in [0.4, 0.5) is 0 Å². The first-order chi connectivity index (χ1) is 7.93. The Labute approximate surface area is 99.5 Å². The topological polar surface area (TPSA) is 99.5 Å². The van der Waals surface area contributed by atoms with Crippen LogP contribution in [0.1, 0.15) is 6.92 Å². The first-order valence-corrected chi connectivity index (χ1v) is 5.32. The fourth-order valence-corrected chi connectivity index (χ4v) is 1.88. The zero-order chi connectivity index (χ0) is 13.2. The van der Waals surface area contributed by atoms with Crippen molar-refractivity contribution in [1.82, 2.24) is 4.90 Å². The molecule has 7 heteroatoms. The van der Waals surface area contributed by atoms with E-state index in [0.717, 1.165) is 0 Å². The molecule has 0 spiro atoms. The molecule has 7 nitrogen and oxygen atoms in total. The highest BCUT2D eigenvalue weighted by Gasteiger charge is 2.46. The van der Waals surface area contributed by atoms with E-state index in [1.807, 2.05) is 0 Å². The number of methoxy groups -OCH3 is 1. The molecule has 0 aromatic rings. The Morgan fingerprint density at radius 1 is 1.41 bits per heavy atom. The van der Waals surface area contributed by atoms with Gasteiger partial charge in [-0.15, -0.1) is 0 Å². The Morgan fingerprint density at radius 2 is 2.00 bits per heavy atom. The predicted octanol–water partition coefficient (Wildman–Crippen LogP) is -2.08. The fraction of sp³-hybridized carbons (Fsp3) is 0.900. The number of amides is 1. The molecule has 0 saturated carbocycles. The number of nitrogens with zero attached hydrogens (tertiary/aromatic N) is 1. The minimum absolute atomic E-state index is 0.283. The second-order valence-corrected chi connectivity index (χ2v) is 4.06. The summed E-state index contributed by atoms with van der Waals surface area (Å²) in [6.07, 6.45) is -4.32. The lowest BCUT2D eigenvalue weighted by molar-refractivity contribution is -0.276. The molecule has 0 aliphatic carbocycles. The molecule has 1 rings (SSSR count). The summed E-state index contributed by atoms with van der Waals surface area (Å²) in [6, 6.07) is -0.810. The Hall–Kier alpha value is -0.730. The third kappa shape index (κ3) is 2.75. The highest BCUT2D eigenvalue weighted by molar-refractivity contribution is 5.73. The van der Waals surface area contributed by atoms with Gasteiger partial charge in [0.2, 0.25) is 5.91 Å². The zero-order valence-corrected chi connectivity index (χ0v) is 10.1. The first-order valence-electron chi connectivity index (χ1n) is 5.32. The average Bonchev–Trinajstić information content (AvgIpc) is 2.31. The SMILES string of the molecule is COC1OC(CO)C(O)C(O)C1N(C)C(C)=O. The van der Waals surface area contributed by atoms with Gasteiger partial charge in [-0.2, -0.15) is 0 Å². The first kappa shape index (κ1) is 14.3. The second-order valence-electron chi connectivity index (χ2n) is 4.06. The molecule has 5 atom stereocenters. The van der Waals surface area contributed by atoms with Crippen molar-refractivity contribution in [3.05, 3.63) is 0 Å². The van der Waals surface area contributed by atoms with Crippen LogP contribution in [0.15, 0.2) is 0 Å². The molecule has 0 aromatic heterocycles. The van der Waals surface area contributed by atoms with Gasteiger partial charge in [-0.1, -0.05) is 0 Å². The van der Waals surface area contributed by atoms with Crippen molar-refractivity contribution in [2.75, 3.05) is 20.8 Å². The van der Waals surface area contributed by atoms with E-state index in [1.54, 1.807) is 0 Å². The molecule has 1 amide bonds. The van der Waals surface area contributed by atoms with Crippen molar-refractivity contribution in [3.8, 4) is 0 Å². The minimum Gasteiger partial charge on any atom is -0.394 e. The smallest absolute Gasteiger partial charge is 0.219 e. The molecule has 1 heterocycles. The van der Waals surface area contributed by atoms with Crippen LogP contribution in [0.5, 0.6) is 0 Å². The molecular weight excluding hydrogens is 230 g/mol. The summed E-state index contributed by atoms with van der Waals surface area (Å²) >= 11 is 0. The third-order valence-electron chi connectivity index (χ3n) is 3.02. The lowest BCUT2D eigenvalue weighted by Gasteiger charge is -2.44. The Kier molecular flexibility index (Phi) is 4.84. The maximum absolute atomic E-state index is 11.3. The van der Waals surface area contributed by atoms with Crippen LogP contribution in [0, 0.1) is 0 Å². The van der Waals surface area contributed by atoms with E-state index in [1.165, 1.54) is 26.0 Å². The van der Waals surface area contributed by atoms with Crippen LogP contribution in [-0.2, 0) is 14.3 Å². The lowest BCUT2D eigenvalue weighted by atomic mass is 9.96. The summed E-state index contributed by atoms with van der Waals surface area (Å²) in [5.74, 6) is -0.283. The fourth-order valence-electron chi connectivity index (χ4n) is 1.88. The second kappa shape index (κ2) is 5.74. The van der Waals surface area contributed by atoms with Crippen LogP contribution in [0.25, 0.3) is 0 Å². The molecule has 1 saturated heterocycles. The molecular formula is C10H19NO6. The number of hydrogen-bond donors (Lipinski definition) is 3. The van der Waals surface area contributed by atoms with Gasteiger partial charge in [0, 0.05) is 21.1 Å². The molecule has 5 unspecified atom stereocenters. The zero-order valence-electron chi connectivity index (χ0n) is 10.1. The van der Waals surface area contributed by atoms with E-state index in [0.29, 0.717) is 0 Å². The Bertz CT molecular complexity index is 272. The standard InChI is InChI=1S/C10H19NO6/c1-5(13)11(2)7-9(15)8(14)6(4-12)17-10(7)16-3/h6-10,12,14-15H,4H2,1-3H3. The molecule has 100 valence electrons. The molecule has 3 N–H and O–H groups in total. The van der Waals surface area contributed by atoms with Crippen LogP contribution < -0.4 is 0 Å². The van der Waals surface area contributed by atoms with Crippen LogP contribution in [0.3, 0.4) is 0 Å². The van der Waals surface area contributed by atoms with Crippen LogP contribution in [0.2, 0.25) is 0 Å². The van der Waals surface area contributed by atoms with E-state index in [2.05, 4.69) is 0 Å². The van der Waals surface area contributed by atoms with Gasteiger partial charge in [0.1, 0.15) is 24.4 Å². The van der Waals surface area contributed by atoms with E-state index in [4.69, 9.17) is 14.6 Å². The quantitative estimate of drug-likeness (QED) is 0.531. The third-order valence-corrected chi connectivity index (χ3v) is 3.02. The van der Waals surface area contributed by atoms with Crippen molar-refractivity contribution in [3.63, 3.8) is 0 Å². The monoisotopic (exact) mass is 249 g/mol. The van der Waals surface area contributed by atoms with Gasteiger partial charge in [0.05, 0.1) is 6.61 Å². The van der Waals surface area contributed by atoms with Gasteiger partial charge in [0.15, 0.2) is 6.29 Å². The van der Waals surface area contributed by atoms with E-state index >= 15 is 0 Å². The maximum atomic E-state index is 11.3. The van der Waals surface area contributed by atoms with Crippen LogP contribution in [-0.4, -0.2) is 77.5 Å². The van der Waals surface area contributed by atoms with Gasteiger partial charge >= 0.3 is 0 Å². The van der Waals surface area contributed by atoms with E-state index in [-0.39, 0.29) is 5.91 Å². The number of rotatable bonds is 3. The van der Waals surface area contributed by atoms with Gasteiger partial charge in [-0.3, -0.25) is 4.79 Å². The molecule has 0 radical (unpaired) electrons. The Morgan fingerprint density at radius 3 is 2.41 bits per heavy atom. The number of carbonyl (C=O) groups excluding carboxylic acids is 1. The minimum atomic E-state index is -1.27. The van der Waals surface area contributed by atoms with Gasteiger partial charge in [0.25, 0.3) is 0 Å². The summed E-state index contributed by atoms with van der Waals surface area (Å²) in [7, 11) is 2.85. The molecule has 1 fully saturated rings. The van der Waals surface area contributed by atoms with Gasteiger partial charge in [-0.05, 0) is 0 Å². The molecule has 0 bridgehead atoms. The summed E-state index contributed by atoms with van der Waals surface area (Å²) in [6.45, 7) is 0.901. The molecule has 1 aliphatic rings. The van der Waals surface area contributed by atoms with Crippen molar-refractivity contribution in [2.24, 2.45) is 0 Å². The number of ether oxygens (including phenoxy) is 2. The number of likely N-dealkylation sites (N-methyl/N-ethyl adjacent to an activating group) is 1. The lowest BCUT2D eigenvalue weighted by Crippen LogP contribution is -2.64. The van der Waals surface area contributed by atoms with E-state index in [9.17, 15) is 15.0 Å². The maximum Gasteiger partial charge on any atom is 0.219 e.